The zero-order valence-corrected chi connectivity index (χ0v) is 11.0. The molecule has 0 bridgehead atoms. The lowest BCUT2D eigenvalue weighted by molar-refractivity contribution is 0.631. The van der Waals surface area contributed by atoms with Gasteiger partial charge in [0.15, 0.2) is 5.82 Å². The second-order valence-corrected chi connectivity index (χ2v) is 3.92. The van der Waals surface area contributed by atoms with Crippen LogP contribution in [0.5, 0.6) is 0 Å². The van der Waals surface area contributed by atoms with Crippen LogP contribution in [0.25, 0.3) is 0 Å². The summed E-state index contributed by atoms with van der Waals surface area (Å²) in [6.45, 7) is 5.62. The topological polar surface area (TPSA) is 53.9 Å². The normalized spacial score (nSPS) is 10.3. The Kier molecular flexibility index (Phi) is 4.22. The Labute approximate surface area is 111 Å². The number of para-hydroxylation sites is 1. The summed E-state index contributed by atoms with van der Waals surface area (Å²) >= 11 is 0. The smallest absolute Gasteiger partial charge is 0.247 e. The summed E-state index contributed by atoms with van der Waals surface area (Å²) < 4.78 is 13.5. The summed E-state index contributed by atoms with van der Waals surface area (Å²) in [4.78, 5) is 6.30. The summed E-state index contributed by atoms with van der Waals surface area (Å²) in [5.41, 5.74) is 0.369. The molecule has 0 atom stereocenters. The minimum absolute atomic E-state index is 0.328. The van der Waals surface area contributed by atoms with E-state index >= 15 is 0 Å². The molecule has 1 heterocycles. The molecule has 19 heavy (non-hydrogen) atoms. The minimum Gasteiger partial charge on any atom is -0.340 e. The van der Waals surface area contributed by atoms with E-state index in [1.165, 1.54) is 12.3 Å². The molecule has 0 aliphatic heterocycles. The van der Waals surface area contributed by atoms with Crippen LogP contribution in [0, 0.1) is 5.82 Å². The Morgan fingerprint density at radius 1 is 1.21 bits per heavy atom. The van der Waals surface area contributed by atoms with Gasteiger partial charge in [-0.15, -0.1) is 5.10 Å². The highest BCUT2D eigenvalue weighted by molar-refractivity contribution is 5.56. The van der Waals surface area contributed by atoms with Crippen LogP contribution in [-0.4, -0.2) is 28.3 Å². The van der Waals surface area contributed by atoms with Gasteiger partial charge >= 0.3 is 0 Å². The first-order valence-corrected chi connectivity index (χ1v) is 6.20. The maximum absolute atomic E-state index is 13.5. The van der Waals surface area contributed by atoms with Crippen LogP contribution >= 0.6 is 0 Å². The summed E-state index contributed by atoms with van der Waals surface area (Å²) in [7, 11) is 0. The van der Waals surface area contributed by atoms with Crippen LogP contribution in [0.15, 0.2) is 30.5 Å². The van der Waals surface area contributed by atoms with E-state index in [9.17, 15) is 4.39 Å². The Morgan fingerprint density at radius 2 is 1.95 bits per heavy atom. The molecule has 1 aromatic heterocycles. The van der Waals surface area contributed by atoms with Crippen molar-refractivity contribution in [3.63, 3.8) is 0 Å². The molecule has 5 nitrogen and oxygen atoms in total. The van der Waals surface area contributed by atoms with Crippen LogP contribution in [-0.2, 0) is 0 Å². The third kappa shape index (κ3) is 3.15. The Morgan fingerprint density at radius 3 is 2.63 bits per heavy atom. The van der Waals surface area contributed by atoms with Crippen molar-refractivity contribution in [3.05, 3.63) is 36.3 Å². The Bertz CT molecular complexity index is 542. The highest BCUT2D eigenvalue weighted by Gasteiger charge is 2.08. The highest BCUT2D eigenvalue weighted by Crippen LogP contribution is 2.18. The zero-order chi connectivity index (χ0) is 13.7. The number of aromatic nitrogens is 3. The SMILES string of the molecule is CCN(CC)c1nncc(Nc2ccccc2F)n1. The van der Waals surface area contributed by atoms with Crippen molar-refractivity contribution in [1.29, 1.82) is 0 Å². The van der Waals surface area contributed by atoms with Gasteiger partial charge in [-0.25, -0.2) is 4.39 Å². The molecule has 0 aliphatic carbocycles. The largest absolute Gasteiger partial charge is 0.340 e. The van der Waals surface area contributed by atoms with E-state index in [4.69, 9.17) is 0 Å². The molecule has 0 aliphatic rings. The summed E-state index contributed by atoms with van der Waals surface area (Å²) in [5.74, 6) is 0.679. The Hall–Kier alpha value is -2.24. The van der Waals surface area contributed by atoms with Gasteiger partial charge in [0.1, 0.15) is 5.82 Å². The standard InChI is InChI=1S/C13H16FN5/c1-3-19(4-2)13-17-12(9-15-18-13)16-11-8-6-5-7-10(11)14/h5-9H,3-4H2,1-2H3,(H,16,17,18). The van der Waals surface area contributed by atoms with Crippen LogP contribution in [0.4, 0.5) is 21.8 Å². The van der Waals surface area contributed by atoms with E-state index in [2.05, 4.69) is 20.5 Å². The van der Waals surface area contributed by atoms with Crippen molar-refractivity contribution in [2.45, 2.75) is 13.8 Å². The number of anilines is 3. The Balaban J connectivity index is 2.22. The van der Waals surface area contributed by atoms with E-state index in [1.807, 2.05) is 18.7 Å². The molecule has 0 spiro atoms. The number of nitrogens with zero attached hydrogens (tertiary/aromatic N) is 4. The van der Waals surface area contributed by atoms with E-state index in [1.54, 1.807) is 18.2 Å². The number of rotatable bonds is 5. The molecule has 0 saturated heterocycles. The average molecular weight is 261 g/mol. The molecule has 0 amide bonds. The summed E-state index contributed by atoms with van der Waals surface area (Å²) in [5, 5.41) is 10.8. The fourth-order valence-electron chi connectivity index (χ4n) is 1.70. The number of benzene rings is 1. The van der Waals surface area contributed by atoms with Crippen LogP contribution in [0.2, 0.25) is 0 Å². The number of nitrogens with one attached hydrogen (secondary N) is 1. The molecule has 1 aromatic carbocycles. The van der Waals surface area contributed by atoms with Gasteiger partial charge < -0.3 is 10.2 Å². The average Bonchev–Trinajstić information content (AvgIpc) is 2.43. The van der Waals surface area contributed by atoms with Gasteiger partial charge in [-0.2, -0.15) is 10.1 Å². The van der Waals surface area contributed by atoms with Crippen LogP contribution < -0.4 is 10.2 Å². The predicted octanol–water partition coefficient (Wildman–Crippen LogP) is 2.60. The molecule has 6 heteroatoms. The molecule has 1 N–H and O–H groups in total. The van der Waals surface area contributed by atoms with E-state index < -0.39 is 0 Å². The minimum atomic E-state index is -0.328. The fraction of sp³-hybridized carbons (Fsp3) is 0.308. The van der Waals surface area contributed by atoms with Gasteiger partial charge in [-0.05, 0) is 26.0 Å². The lowest BCUT2D eigenvalue weighted by Gasteiger charge is -2.18. The maximum atomic E-state index is 13.5. The van der Waals surface area contributed by atoms with Gasteiger partial charge in [-0.3, -0.25) is 0 Å². The van der Waals surface area contributed by atoms with Crippen LogP contribution in [0.3, 0.4) is 0 Å². The van der Waals surface area contributed by atoms with Gasteiger partial charge in [0.25, 0.3) is 0 Å². The molecule has 100 valence electrons. The van der Waals surface area contributed by atoms with Crippen molar-refractivity contribution in [2.75, 3.05) is 23.3 Å². The molecular weight excluding hydrogens is 245 g/mol. The lowest BCUT2D eigenvalue weighted by Crippen LogP contribution is -2.24. The van der Waals surface area contributed by atoms with Crippen molar-refractivity contribution >= 4 is 17.5 Å². The van der Waals surface area contributed by atoms with E-state index in [-0.39, 0.29) is 5.82 Å². The fourth-order valence-corrected chi connectivity index (χ4v) is 1.70. The van der Waals surface area contributed by atoms with E-state index in [0.29, 0.717) is 17.5 Å². The second-order valence-electron chi connectivity index (χ2n) is 3.92. The van der Waals surface area contributed by atoms with Crippen molar-refractivity contribution in [2.24, 2.45) is 0 Å². The number of hydrogen-bond acceptors (Lipinski definition) is 5. The predicted molar refractivity (Wildman–Crippen MR) is 73.1 cm³/mol. The van der Waals surface area contributed by atoms with Crippen molar-refractivity contribution in [3.8, 4) is 0 Å². The molecule has 2 rings (SSSR count). The summed E-state index contributed by atoms with van der Waals surface area (Å²) in [6, 6.07) is 6.43. The first-order chi connectivity index (χ1) is 9.24. The monoisotopic (exact) mass is 261 g/mol. The van der Waals surface area contributed by atoms with Gasteiger partial charge in [0, 0.05) is 13.1 Å². The van der Waals surface area contributed by atoms with E-state index in [0.717, 1.165) is 13.1 Å². The van der Waals surface area contributed by atoms with Crippen molar-refractivity contribution in [1.82, 2.24) is 15.2 Å². The van der Waals surface area contributed by atoms with Crippen molar-refractivity contribution < 1.29 is 4.39 Å². The van der Waals surface area contributed by atoms with Gasteiger partial charge in [0.05, 0.1) is 11.9 Å². The molecule has 0 unspecified atom stereocenters. The maximum Gasteiger partial charge on any atom is 0.247 e. The lowest BCUT2D eigenvalue weighted by atomic mass is 10.3. The molecule has 0 saturated carbocycles. The zero-order valence-electron chi connectivity index (χ0n) is 11.0. The number of halogens is 1. The van der Waals surface area contributed by atoms with Gasteiger partial charge in [0.2, 0.25) is 5.95 Å². The van der Waals surface area contributed by atoms with Gasteiger partial charge in [-0.1, -0.05) is 12.1 Å². The third-order valence-electron chi connectivity index (χ3n) is 2.73. The first-order valence-electron chi connectivity index (χ1n) is 6.20. The molecule has 0 radical (unpaired) electrons. The summed E-state index contributed by atoms with van der Waals surface area (Å²) in [6.07, 6.45) is 1.47. The first kappa shape index (κ1) is 13.2. The van der Waals surface area contributed by atoms with Crippen LogP contribution in [0.1, 0.15) is 13.8 Å². The molecule has 2 aromatic rings. The third-order valence-corrected chi connectivity index (χ3v) is 2.73. The highest BCUT2D eigenvalue weighted by atomic mass is 19.1. The number of hydrogen-bond donors (Lipinski definition) is 1. The molecular formula is C13H16FN5. The molecule has 0 fully saturated rings. The second kappa shape index (κ2) is 6.08. The quantitative estimate of drug-likeness (QED) is 0.896.